The molecule has 0 fully saturated rings. The third-order valence-corrected chi connectivity index (χ3v) is 5.97. The van der Waals surface area contributed by atoms with E-state index in [1.54, 1.807) is 0 Å². The topological polar surface area (TPSA) is 21.6 Å². The number of aliphatic imine (C=N–C) groups is 1. The summed E-state index contributed by atoms with van der Waals surface area (Å²) in [4.78, 5) is 3.87. The van der Waals surface area contributed by atoms with Crippen LogP contribution in [0.2, 0.25) is 10.1 Å². The number of rotatable bonds is 4. The van der Waals surface area contributed by atoms with Crippen LogP contribution < -0.4 is 0 Å². The van der Waals surface area contributed by atoms with Crippen molar-refractivity contribution in [2.45, 2.75) is 51.6 Å². The average Bonchev–Trinajstić information content (AvgIpc) is 1.99. The quantitative estimate of drug-likeness (QED) is 0.327. The monoisotopic (exact) mass is 245 g/mol. The Morgan fingerprint density at radius 1 is 1.13 bits per heavy atom. The second-order valence-electron chi connectivity index (χ2n) is 5.96. The van der Waals surface area contributed by atoms with Crippen LogP contribution in [0.3, 0.4) is 0 Å². The van der Waals surface area contributed by atoms with E-state index in [0.717, 1.165) is 0 Å². The van der Waals surface area contributed by atoms with Gasteiger partial charge in [-0.1, -0.05) is 41.5 Å². The molecule has 0 bridgehead atoms. The van der Waals surface area contributed by atoms with Crippen molar-refractivity contribution in [3.05, 3.63) is 0 Å². The number of isothiocyanates is 1. The average molecular weight is 245 g/mol. The van der Waals surface area contributed by atoms with Gasteiger partial charge in [0.25, 0.3) is 0 Å². The predicted octanol–water partition coefficient (Wildman–Crippen LogP) is 3.43. The summed E-state index contributed by atoms with van der Waals surface area (Å²) in [6.45, 7) is 14.9. The van der Waals surface area contributed by atoms with E-state index in [1.807, 2.05) is 0 Å². The van der Waals surface area contributed by atoms with Gasteiger partial charge in [-0.05, 0) is 22.3 Å². The third kappa shape index (κ3) is 6.20. The first-order valence-corrected chi connectivity index (χ1v) is 7.38. The van der Waals surface area contributed by atoms with E-state index >= 15 is 0 Å². The molecule has 4 heteroatoms. The van der Waals surface area contributed by atoms with Crippen LogP contribution in [0.5, 0.6) is 0 Å². The highest BCUT2D eigenvalue weighted by molar-refractivity contribution is 7.78. The lowest BCUT2D eigenvalue weighted by Gasteiger charge is -2.38. The Kier molecular flexibility index (Phi) is 5.89. The molecule has 0 aliphatic heterocycles. The number of hydrogen-bond donors (Lipinski definition) is 0. The van der Waals surface area contributed by atoms with Crippen molar-refractivity contribution in [1.29, 1.82) is 0 Å². The minimum absolute atomic E-state index is 0.277. The summed E-state index contributed by atoms with van der Waals surface area (Å²) in [5.74, 6) is 0. The standard InChI is InChI=1S/C11H23NOSSi/c1-10(2,3)15(11(4,5)6)13-8-7-12-9-14/h15H,7-8H2,1-6H3. The van der Waals surface area contributed by atoms with Gasteiger partial charge in [-0.3, -0.25) is 0 Å². The number of nitrogens with zero attached hydrogens (tertiary/aromatic N) is 1. The van der Waals surface area contributed by atoms with Crippen LogP contribution in [0.4, 0.5) is 0 Å². The molecule has 0 unspecified atom stereocenters. The van der Waals surface area contributed by atoms with Gasteiger partial charge >= 0.3 is 0 Å². The van der Waals surface area contributed by atoms with Gasteiger partial charge in [-0.25, -0.2) is 4.99 Å². The minimum atomic E-state index is -1.27. The second-order valence-corrected chi connectivity index (χ2v) is 10.7. The Morgan fingerprint density at radius 3 is 1.93 bits per heavy atom. The Hall–Kier alpha value is -0.0231. The van der Waals surface area contributed by atoms with Crippen LogP contribution in [0.25, 0.3) is 0 Å². The predicted molar refractivity (Wildman–Crippen MR) is 72.4 cm³/mol. The largest absolute Gasteiger partial charge is 0.417 e. The summed E-state index contributed by atoms with van der Waals surface area (Å²) >= 11 is 4.52. The first-order chi connectivity index (χ1) is 6.69. The second kappa shape index (κ2) is 5.90. The van der Waals surface area contributed by atoms with Gasteiger partial charge in [0.15, 0.2) is 9.04 Å². The summed E-state index contributed by atoms with van der Waals surface area (Å²) in [5.41, 5.74) is 0. The molecule has 0 N–H and O–H groups in total. The summed E-state index contributed by atoms with van der Waals surface area (Å²) in [7, 11) is -1.27. The Bertz CT molecular complexity index is 222. The highest BCUT2D eigenvalue weighted by Crippen LogP contribution is 2.42. The first kappa shape index (κ1) is 15.0. The molecule has 0 radical (unpaired) electrons. The van der Waals surface area contributed by atoms with Crippen LogP contribution >= 0.6 is 12.2 Å². The summed E-state index contributed by atoms with van der Waals surface area (Å²) in [6.07, 6.45) is 0. The smallest absolute Gasteiger partial charge is 0.187 e. The maximum absolute atomic E-state index is 6.03. The van der Waals surface area contributed by atoms with Crippen molar-refractivity contribution in [3.63, 3.8) is 0 Å². The normalized spacial score (nSPS) is 12.7. The fourth-order valence-corrected chi connectivity index (χ4v) is 6.09. The molecule has 0 saturated heterocycles. The molecule has 0 saturated carbocycles. The molecule has 0 aromatic heterocycles. The van der Waals surface area contributed by atoms with Crippen molar-refractivity contribution >= 4 is 26.4 Å². The van der Waals surface area contributed by atoms with Crippen molar-refractivity contribution < 1.29 is 4.43 Å². The van der Waals surface area contributed by atoms with Crippen molar-refractivity contribution in [1.82, 2.24) is 0 Å². The lowest BCUT2D eigenvalue weighted by molar-refractivity contribution is 0.292. The summed E-state index contributed by atoms with van der Waals surface area (Å²) in [6, 6.07) is 0. The van der Waals surface area contributed by atoms with Gasteiger partial charge < -0.3 is 4.43 Å². The fourth-order valence-electron chi connectivity index (χ4n) is 2.06. The van der Waals surface area contributed by atoms with E-state index in [1.165, 1.54) is 0 Å². The maximum Gasteiger partial charge on any atom is 0.187 e. The molecule has 0 aromatic rings. The van der Waals surface area contributed by atoms with Crippen LogP contribution in [0.15, 0.2) is 4.99 Å². The summed E-state index contributed by atoms with van der Waals surface area (Å²) < 4.78 is 6.03. The van der Waals surface area contributed by atoms with E-state index in [9.17, 15) is 0 Å². The molecule has 2 nitrogen and oxygen atoms in total. The molecular formula is C11H23NOSSi. The Balaban J connectivity index is 4.35. The summed E-state index contributed by atoms with van der Waals surface area (Å²) in [5, 5.41) is 2.92. The lowest BCUT2D eigenvalue weighted by Crippen LogP contribution is -2.38. The molecule has 0 spiro atoms. The first-order valence-electron chi connectivity index (χ1n) is 5.35. The molecule has 88 valence electrons. The van der Waals surface area contributed by atoms with Crippen LogP contribution in [0, 0.1) is 0 Å². The van der Waals surface area contributed by atoms with E-state index < -0.39 is 9.04 Å². The SMILES string of the molecule is CC(C)(C)[SiH](OCCN=C=S)C(C)(C)C. The van der Waals surface area contributed by atoms with E-state index in [4.69, 9.17) is 4.43 Å². The zero-order valence-electron chi connectivity index (χ0n) is 10.8. The Labute approximate surface area is 101 Å². The van der Waals surface area contributed by atoms with Gasteiger partial charge in [0.05, 0.1) is 18.3 Å². The van der Waals surface area contributed by atoms with E-state index in [0.29, 0.717) is 13.2 Å². The van der Waals surface area contributed by atoms with Crippen molar-refractivity contribution in [2.24, 2.45) is 4.99 Å². The van der Waals surface area contributed by atoms with Crippen molar-refractivity contribution in [2.75, 3.05) is 13.2 Å². The fraction of sp³-hybridized carbons (Fsp3) is 0.909. The van der Waals surface area contributed by atoms with E-state index in [2.05, 4.69) is 63.9 Å². The molecule has 0 amide bonds. The zero-order valence-corrected chi connectivity index (χ0v) is 12.7. The Morgan fingerprint density at radius 2 is 1.60 bits per heavy atom. The van der Waals surface area contributed by atoms with E-state index in [-0.39, 0.29) is 10.1 Å². The van der Waals surface area contributed by atoms with Crippen LogP contribution in [0.1, 0.15) is 41.5 Å². The highest BCUT2D eigenvalue weighted by atomic mass is 32.1. The number of thiocarbonyl (C=S) groups is 1. The highest BCUT2D eigenvalue weighted by Gasteiger charge is 2.37. The minimum Gasteiger partial charge on any atom is -0.417 e. The van der Waals surface area contributed by atoms with Gasteiger partial charge in [0.1, 0.15) is 0 Å². The molecular weight excluding hydrogens is 222 g/mol. The third-order valence-electron chi connectivity index (χ3n) is 2.13. The maximum atomic E-state index is 6.03. The molecule has 0 aliphatic rings. The van der Waals surface area contributed by atoms with Gasteiger partial charge in [-0.2, -0.15) is 0 Å². The number of hydrogen-bond acceptors (Lipinski definition) is 3. The zero-order chi connectivity index (χ0) is 12.1. The molecule has 0 aromatic carbocycles. The molecule has 15 heavy (non-hydrogen) atoms. The molecule has 0 atom stereocenters. The van der Waals surface area contributed by atoms with Crippen LogP contribution in [-0.4, -0.2) is 27.4 Å². The lowest BCUT2D eigenvalue weighted by atomic mass is 10.2. The molecule has 0 heterocycles. The van der Waals surface area contributed by atoms with Gasteiger partial charge in [0.2, 0.25) is 0 Å². The molecule has 0 aliphatic carbocycles. The van der Waals surface area contributed by atoms with Crippen LogP contribution in [-0.2, 0) is 4.43 Å². The van der Waals surface area contributed by atoms with Crippen molar-refractivity contribution in [3.8, 4) is 0 Å². The van der Waals surface area contributed by atoms with Gasteiger partial charge in [0, 0.05) is 0 Å². The van der Waals surface area contributed by atoms with Gasteiger partial charge in [-0.15, -0.1) is 0 Å². The molecule has 0 rings (SSSR count).